The number of carbonyl (C=O) groups is 1. The van der Waals surface area contributed by atoms with Crippen molar-refractivity contribution in [2.75, 3.05) is 7.11 Å². The molecule has 1 amide bonds. The lowest BCUT2D eigenvalue weighted by Crippen LogP contribution is -2.39. The topological polar surface area (TPSA) is 29.5 Å². The molecule has 0 atom stereocenters. The molecule has 2 fully saturated rings. The first-order valence-electron chi connectivity index (χ1n) is 7.81. The van der Waals surface area contributed by atoms with Crippen LogP contribution in [0, 0.1) is 0 Å². The first kappa shape index (κ1) is 18.4. The Morgan fingerprint density at radius 3 is 2.67 bits per heavy atom. The predicted molar refractivity (Wildman–Crippen MR) is 110 cm³/mol. The summed E-state index contributed by atoms with van der Waals surface area (Å²) < 4.78 is 7.90. The molecule has 0 spiro atoms. The molecule has 7 heteroatoms. The van der Waals surface area contributed by atoms with Crippen LogP contribution in [0.5, 0.6) is 5.75 Å². The van der Waals surface area contributed by atoms with Gasteiger partial charge in [0.15, 0.2) is 0 Å². The van der Waals surface area contributed by atoms with Crippen molar-refractivity contribution in [1.29, 1.82) is 0 Å². The number of nitrogens with zero attached hydrogens (tertiary/aromatic N) is 1. The quantitative estimate of drug-likeness (QED) is 0.398. The number of halogens is 2. The average molecular weight is 491 g/mol. The molecular formula is C17H17Br2NO2S2. The minimum absolute atomic E-state index is 0.0232. The van der Waals surface area contributed by atoms with E-state index < -0.39 is 0 Å². The van der Waals surface area contributed by atoms with Crippen molar-refractivity contribution >= 4 is 72.1 Å². The minimum Gasteiger partial charge on any atom is -0.495 e. The van der Waals surface area contributed by atoms with Crippen LogP contribution in [-0.2, 0) is 4.79 Å². The van der Waals surface area contributed by atoms with Gasteiger partial charge in [0, 0.05) is 16.1 Å². The predicted octanol–water partition coefficient (Wildman–Crippen LogP) is 5.75. The smallest absolute Gasteiger partial charge is 0.266 e. The van der Waals surface area contributed by atoms with E-state index in [4.69, 9.17) is 17.0 Å². The fourth-order valence-corrected chi connectivity index (χ4v) is 5.99. The molecule has 1 saturated heterocycles. The molecule has 1 saturated carbocycles. The second-order valence-electron chi connectivity index (χ2n) is 5.85. The summed E-state index contributed by atoms with van der Waals surface area (Å²) in [5.41, 5.74) is 0.850. The van der Waals surface area contributed by atoms with Crippen molar-refractivity contribution < 1.29 is 9.53 Å². The van der Waals surface area contributed by atoms with Crippen LogP contribution in [-0.4, -0.2) is 28.3 Å². The molecule has 1 aromatic rings. The fourth-order valence-electron chi connectivity index (χ4n) is 3.18. The molecule has 0 N–H and O–H groups in total. The largest absolute Gasteiger partial charge is 0.495 e. The molecule has 1 aromatic carbocycles. The van der Waals surface area contributed by atoms with E-state index in [1.165, 1.54) is 31.0 Å². The zero-order valence-corrected chi connectivity index (χ0v) is 18.0. The van der Waals surface area contributed by atoms with Gasteiger partial charge in [-0.15, -0.1) is 0 Å². The molecule has 0 radical (unpaired) electrons. The maximum atomic E-state index is 12.9. The van der Waals surface area contributed by atoms with Gasteiger partial charge in [0.05, 0.1) is 16.5 Å². The molecule has 128 valence electrons. The summed E-state index contributed by atoms with van der Waals surface area (Å²) in [6, 6.07) is 4.12. The average Bonchev–Trinajstić information content (AvgIpc) is 2.82. The summed E-state index contributed by atoms with van der Waals surface area (Å²) in [6.45, 7) is 0. The van der Waals surface area contributed by atoms with Crippen LogP contribution in [0.15, 0.2) is 26.0 Å². The van der Waals surface area contributed by atoms with Gasteiger partial charge in [0.25, 0.3) is 5.91 Å². The van der Waals surface area contributed by atoms with Gasteiger partial charge in [-0.3, -0.25) is 9.69 Å². The molecule has 1 aliphatic heterocycles. The Bertz CT molecular complexity index is 715. The summed E-state index contributed by atoms with van der Waals surface area (Å²) in [6.07, 6.45) is 7.57. The lowest BCUT2D eigenvalue weighted by Gasteiger charge is -2.29. The Morgan fingerprint density at radius 1 is 1.29 bits per heavy atom. The van der Waals surface area contributed by atoms with Gasteiger partial charge in [-0.2, -0.15) is 0 Å². The van der Waals surface area contributed by atoms with Crippen molar-refractivity contribution in [3.63, 3.8) is 0 Å². The number of hydrogen-bond acceptors (Lipinski definition) is 4. The normalized spacial score (nSPS) is 21.0. The second kappa shape index (κ2) is 7.89. The van der Waals surface area contributed by atoms with E-state index in [-0.39, 0.29) is 11.9 Å². The maximum absolute atomic E-state index is 12.9. The van der Waals surface area contributed by atoms with E-state index in [9.17, 15) is 4.79 Å². The lowest BCUT2D eigenvalue weighted by atomic mass is 9.94. The molecule has 0 aromatic heterocycles. The van der Waals surface area contributed by atoms with Gasteiger partial charge in [0.1, 0.15) is 10.1 Å². The SMILES string of the molecule is COc1c(Br)cc(Br)cc1/C=C1/SC(=S)N(C2CCCCC2)C1=O. The molecule has 0 bridgehead atoms. The molecule has 0 unspecified atom stereocenters. The van der Waals surface area contributed by atoms with Crippen LogP contribution in [0.2, 0.25) is 0 Å². The molecule has 2 aliphatic rings. The highest BCUT2D eigenvalue weighted by molar-refractivity contribution is 9.11. The van der Waals surface area contributed by atoms with E-state index in [1.807, 2.05) is 23.1 Å². The Balaban J connectivity index is 1.92. The molecule has 24 heavy (non-hydrogen) atoms. The third-order valence-electron chi connectivity index (χ3n) is 4.29. The van der Waals surface area contributed by atoms with Gasteiger partial charge >= 0.3 is 0 Å². The number of methoxy groups -OCH3 is 1. The lowest BCUT2D eigenvalue weighted by molar-refractivity contribution is -0.124. The van der Waals surface area contributed by atoms with Crippen molar-refractivity contribution in [1.82, 2.24) is 4.90 Å². The van der Waals surface area contributed by atoms with Crippen LogP contribution < -0.4 is 4.74 Å². The van der Waals surface area contributed by atoms with Crippen LogP contribution >= 0.6 is 55.8 Å². The van der Waals surface area contributed by atoms with Crippen LogP contribution in [0.4, 0.5) is 0 Å². The number of hydrogen-bond donors (Lipinski definition) is 0. The fraction of sp³-hybridized carbons (Fsp3) is 0.412. The van der Waals surface area contributed by atoms with Gasteiger partial charge in [-0.05, 0) is 47.0 Å². The monoisotopic (exact) mass is 489 g/mol. The number of benzene rings is 1. The van der Waals surface area contributed by atoms with E-state index in [1.54, 1.807) is 7.11 Å². The molecule has 1 aliphatic carbocycles. The van der Waals surface area contributed by atoms with Gasteiger partial charge in [0.2, 0.25) is 0 Å². The summed E-state index contributed by atoms with van der Waals surface area (Å²) >= 11 is 13.8. The van der Waals surface area contributed by atoms with Gasteiger partial charge < -0.3 is 4.74 Å². The third kappa shape index (κ3) is 3.74. The van der Waals surface area contributed by atoms with E-state index in [0.29, 0.717) is 15.0 Å². The zero-order chi connectivity index (χ0) is 17.3. The number of ether oxygens (including phenoxy) is 1. The van der Waals surface area contributed by atoms with E-state index in [0.717, 1.165) is 27.4 Å². The van der Waals surface area contributed by atoms with Crippen molar-refractivity contribution in [3.05, 3.63) is 31.5 Å². The van der Waals surface area contributed by atoms with E-state index >= 15 is 0 Å². The van der Waals surface area contributed by atoms with E-state index in [2.05, 4.69) is 31.9 Å². The Morgan fingerprint density at radius 2 is 2.00 bits per heavy atom. The number of rotatable bonds is 3. The van der Waals surface area contributed by atoms with Gasteiger partial charge in [-0.25, -0.2) is 0 Å². The Kier molecular flexibility index (Phi) is 6.06. The second-order valence-corrected chi connectivity index (χ2v) is 9.30. The zero-order valence-electron chi connectivity index (χ0n) is 13.2. The Hall–Kier alpha value is -0.370. The first-order chi connectivity index (χ1) is 11.5. The number of thiocarbonyl (C=S) groups is 1. The summed E-state index contributed by atoms with van der Waals surface area (Å²) in [5.74, 6) is 0.733. The van der Waals surface area contributed by atoms with Crippen molar-refractivity contribution in [2.45, 2.75) is 38.1 Å². The maximum Gasteiger partial charge on any atom is 0.266 e. The van der Waals surface area contributed by atoms with Crippen LogP contribution in [0.25, 0.3) is 6.08 Å². The molecule has 3 rings (SSSR count). The summed E-state index contributed by atoms with van der Waals surface area (Å²) in [4.78, 5) is 15.4. The summed E-state index contributed by atoms with van der Waals surface area (Å²) in [5, 5.41) is 0. The first-order valence-corrected chi connectivity index (χ1v) is 10.6. The van der Waals surface area contributed by atoms with Crippen molar-refractivity contribution in [3.8, 4) is 5.75 Å². The standard InChI is InChI=1S/C17H17Br2NO2S2/c1-22-15-10(7-11(18)9-13(15)19)8-14-16(21)20(17(23)24-14)12-5-3-2-4-6-12/h7-9,12H,2-6H2,1H3/b14-8+. The molecule has 1 heterocycles. The number of carbonyl (C=O) groups excluding carboxylic acids is 1. The van der Waals surface area contributed by atoms with Crippen LogP contribution in [0.1, 0.15) is 37.7 Å². The van der Waals surface area contributed by atoms with Crippen LogP contribution in [0.3, 0.4) is 0 Å². The highest BCUT2D eigenvalue weighted by Crippen LogP contribution is 2.40. The highest BCUT2D eigenvalue weighted by Gasteiger charge is 2.37. The van der Waals surface area contributed by atoms with Gasteiger partial charge in [-0.1, -0.05) is 59.2 Å². The van der Waals surface area contributed by atoms with Crippen molar-refractivity contribution in [2.24, 2.45) is 0 Å². The minimum atomic E-state index is 0.0232. The highest BCUT2D eigenvalue weighted by atomic mass is 79.9. The molecular weight excluding hydrogens is 474 g/mol. The number of thioether (sulfide) groups is 1. The molecule has 3 nitrogen and oxygen atoms in total. The number of amides is 1. The third-order valence-corrected chi connectivity index (χ3v) is 6.67. The summed E-state index contributed by atoms with van der Waals surface area (Å²) in [7, 11) is 1.62. The Labute approximate surface area is 168 Å².